The Balaban J connectivity index is 1.65. The second kappa shape index (κ2) is 9.04. The Morgan fingerprint density at radius 1 is 1.22 bits per heavy atom. The van der Waals surface area contributed by atoms with Crippen LogP contribution in [0.5, 0.6) is 5.75 Å². The van der Waals surface area contributed by atoms with Gasteiger partial charge in [-0.25, -0.2) is 0 Å². The Bertz CT molecular complexity index is 476. The predicted molar refractivity (Wildman–Crippen MR) is 91.1 cm³/mol. The van der Waals surface area contributed by atoms with Crippen molar-refractivity contribution in [1.82, 2.24) is 0 Å². The van der Waals surface area contributed by atoms with Crippen molar-refractivity contribution < 1.29 is 19.2 Å². The number of carbonyl (C=O) groups is 1. The summed E-state index contributed by atoms with van der Waals surface area (Å²) in [7, 11) is 0. The molecule has 0 spiro atoms. The number of hydrogen-bond donors (Lipinski definition) is 1. The molecule has 0 bridgehead atoms. The van der Waals surface area contributed by atoms with Crippen molar-refractivity contribution in [2.24, 2.45) is 0 Å². The summed E-state index contributed by atoms with van der Waals surface area (Å²) in [6.07, 6.45) is 3.20. The van der Waals surface area contributed by atoms with Gasteiger partial charge in [-0.15, -0.1) is 0 Å². The molecule has 4 nitrogen and oxygen atoms in total. The first-order valence-corrected chi connectivity index (χ1v) is 8.73. The number of carbonyl (C=O) groups excluding carboxylic acids is 1. The Hall–Kier alpha value is -1.39. The van der Waals surface area contributed by atoms with Crippen LogP contribution in [0.25, 0.3) is 0 Å². The monoisotopic (exact) mass is 320 g/mol. The molecular formula is C19H30NO3+. The highest BCUT2D eigenvalue weighted by atomic mass is 16.5. The highest BCUT2D eigenvalue weighted by Gasteiger charge is 2.24. The van der Waals surface area contributed by atoms with Crippen LogP contribution >= 0.6 is 0 Å². The summed E-state index contributed by atoms with van der Waals surface area (Å²) in [5.41, 5.74) is 1.19. The van der Waals surface area contributed by atoms with Gasteiger partial charge in [0.05, 0.1) is 13.2 Å². The van der Waals surface area contributed by atoms with Gasteiger partial charge in [-0.1, -0.05) is 12.1 Å². The number of nitrogens with one attached hydrogen (secondary N) is 1. The Labute approximate surface area is 139 Å². The number of ketones is 1. The van der Waals surface area contributed by atoms with E-state index in [-0.39, 0.29) is 5.78 Å². The van der Waals surface area contributed by atoms with Gasteiger partial charge in [0, 0.05) is 12.8 Å². The quantitative estimate of drug-likeness (QED) is 0.741. The lowest BCUT2D eigenvalue weighted by Gasteiger charge is -2.32. The number of morpholine rings is 1. The van der Waals surface area contributed by atoms with Crippen molar-refractivity contribution in [3.05, 3.63) is 29.8 Å². The topological polar surface area (TPSA) is 40.0 Å². The minimum absolute atomic E-state index is 0.236. The number of benzene rings is 1. The lowest BCUT2D eigenvalue weighted by Crippen LogP contribution is -3.15. The van der Waals surface area contributed by atoms with Crippen LogP contribution in [0.2, 0.25) is 0 Å². The molecule has 4 heteroatoms. The molecule has 0 aliphatic carbocycles. The first-order chi connectivity index (χ1) is 11.0. The summed E-state index contributed by atoms with van der Waals surface area (Å²) in [5.74, 6) is 1.15. The van der Waals surface area contributed by atoms with Crippen LogP contribution in [0.3, 0.4) is 0 Å². The van der Waals surface area contributed by atoms with Crippen LogP contribution in [-0.2, 0) is 16.0 Å². The SMILES string of the molecule is CC(=O)CCc1ccc(OCCC[NH+]2C[C@@H](C)O[C@H](C)C2)cc1. The van der Waals surface area contributed by atoms with Gasteiger partial charge in [0.1, 0.15) is 36.8 Å². The zero-order chi connectivity index (χ0) is 16.7. The molecule has 0 saturated carbocycles. The molecule has 1 aromatic rings. The summed E-state index contributed by atoms with van der Waals surface area (Å²) in [5, 5.41) is 0. The Kier molecular flexibility index (Phi) is 7.06. The molecule has 0 unspecified atom stereocenters. The molecular weight excluding hydrogens is 290 g/mol. The fourth-order valence-corrected chi connectivity index (χ4v) is 3.18. The largest absolute Gasteiger partial charge is 0.493 e. The van der Waals surface area contributed by atoms with Gasteiger partial charge in [-0.2, -0.15) is 0 Å². The molecule has 1 aliphatic heterocycles. The van der Waals surface area contributed by atoms with Crippen LogP contribution in [-0.4, -0.2) is 44.2 Å². The normalized spacial score (nSPS) is 24.4. The smallest absolute Gasteiger partial charge is 0.130 e. The highest BCUT2D eigenvalue weighted by molar-refractivity contribution is 5.75. The van der Waals surface area contributed by atoms with E-state index >= 15 is 0 Å². The van der Waals surface area contributed by atoms with E-state index in [1.165, 1.54) is 5.56 Å². The summed E-state index contributed by atoms with van der Waals surface area (Å²) in [6.45, 7) is 10.0. The number of Topliss-reactive ketones (excluding diaryl/α,β-unsaturated/α-hetero) is 1. The third kappa shape index (κ3) is 6.71. The van der Waals surface area contributed by atoms with Crippen molar-refractivity contribution in [2.45, 2.75) is 52.2 Å². The van der Waals surface area contributed by atoms with E-state index in [0.29, 0.717) is 18.6 Å². The summed E-state index contributed by atoms with van der Waals surface area (Å²) < 4.78 is 11.6. The average Bonchev–Trinajstić information content (AvgIpc) is 2.50. The standard InChI is InChI=1S/C19H29NO3/c1-15(21)5-6-18-7-9-19(10-8-18)22-12-4-11-20-13-16(2)23-17(3)14-20/h7-10,16-17H,4-6,11-14H2,1-3H3/p+1/t16-,17-/m1/s1. The van der Waals surface area contributed by atoms with Gasteiger partial charge in [-0.3, -0.25) is 0 Å². The van der Waals surface area contributed by atoms with Gasteiger partial charge in [-0.05, 0) is 44.9 Å². The predicted octanol–water partition coefficient (Wildman–Crippen LogP) is 1.67. The fourth-order valence-electron chi connectivity index (χ4n) is 3.18. The lowest BCUT2D eigenvalue weighted by atomic mass is 10.1. The van der Waals surface area contributed by atoms with Crippen molar-refractivity contribution in [3.8, 4) is 5.75 Å². The maximum Gasteiger partial charge on any atom is 0.130 e. The molecule has 0 amide bonds. The van der Waals surface area contributed by atoms with E-state index < -0.39 is 0 Å². The highest BCUT2D eigenvalue weighted by Crippen LogP contribution is 2.13. The van der Waals surface area contributed by atoms with Crippen LogP contribution in [0.4, 0.5) is 0 Å². The van der Waals surface area contributed by atoms with Gasteiger partial charge in [0.2, 0.25) is 0 Å². The molecule has 1 heterocycles. The fraction of sp³-hybridized carbons (Fsp3) is 0.632. The van der Waals surface area contributed by atoms with Crippen molar-refractivity contribution in [2.75, 3.05) is 26.2 Å². The zero-order valence-corrected chi connectivity index (χ0v) is 14.6. The first-order valence-electron chi connectivity index (χ1n) is 8.73. The minimum atomic E-state index is 0.236. The second-order valence-corrected chi connectivity index (χ2v) is 6.71. The number of ether oxygens (including phenoxy) is 2. The summed E-state index contributed by atoms with van der Waals surface area (Å²) in [4.78, 5) is 12.6. The van der Waals surface area contributed by atoms with E-state index in [2.05, 4.69) is 26.0 Å². The van der Waals surface area contributed by atoms with Crippen molar-refractivity contribution in [1.29, 1.82) is 0 Å². The molecule has 1 N–H and O–H groups in total. The van der Waals surface area contributed by atoms with E-state index in [1.54, 1.807) is 11.8 Å². The van der Waals surface area contributed by atoms with Crippen LogP contribution in [0.1, 0.15) is 39.2 Å². The maximum absolute atomic E-state index is 11.0. The molecule has 23 heavy (non-hydrogen) atoms. The Morgan fingerprint density at radius 2 is 1.87 bits per heavy atom. The van der Waals surface area contributed by atoms with Gasteiger partial charge in [0.25, 0.3) is 0 Å². The molecule has 1 aliphatic rings. The summed E-state index contributed by atoms with van der Waals surface area (Å²) in [6, 6.07) is 8.10. The molecule has 128 valence electrons. The molecule has 0 radical (unpaired) electrons. The third-order valence-corrected chi connectivity index (χ3v) is 4.25. The van der Waals surface area contributed by atoms with E-state index in [0.717, 1.165) is 44.8 Å². The first kappa shape index (κ1) is 18.0. The van der Waals surface area contributed by atoms with E-state index in [9.17, 15) is 4.79 Å². The zero-order valence-electron chi connectivity index (χ0n) is 14.6. The van der Waals surface area contributed by atoms with Crippen molar-refractivity contribution >= 4 is 5.78 Å². The van der Waals surface area contributed by atoms with Crippen LogP contribution < -0.4 is 9.64 Å². The number of rotatable bonds is 8. The third-order valence-electron chi connectivity index (χ3n) is 4.25. The number of quaternary nitrogens is 1. The van der Waals surface area contributed by atoms with Crippen molar-refractivity contribution in [3.63, 3.8) is 0 Å². The van der Waals surface area contributed by atoms with Crippen LogP contribution in [0.15, 0.2) is 24.3 Å². The molecule has 2 atom stereocenters. The minimum Gasteiger partial charge on any atom is -0.493 e. The van der Waals surface area contributed by atoms with Crippen LogP contribution in [0, 0.1) is 0 Å². The van der Waals surface area contributed by atoms with E-state index in [1.807, 2.05) is 12.1 Å². The maximum atomic E-state index is 11.0. The molecule has 1 fully saturated rings. The van der Waals surface area contributed by atoms with Gasteiger partial charge >= 0.3 is 0 Å². The molecule has 2 rings (SSSR count). The average molecular weight is 320 g/mol. The molecule has 1 aromatic carbocycles. The second-order valence-electron chi connectivity index (χ2n) is 6.71. The Morgan fingerprint density at radius 3 is 2.48 bits per heavy atom. The lowest BCUT2D eigenvalue weighted by molar-refractivity contribution is -0.915. The van der Waals surface area contributed by atoms with Gasteiger partial charge in [0.15, 0.2) is 0 Å². The van der Waals surface area contributed by atoms with E-state index in [4.69, 9.17) is 9.47 Å². The molecule has 1 saturated heterocycles. The molecule has 0 aromatic heterocycles. The number of aryl methyl sites for hydroxylation is 1. The summed E-state index contributed by atoms with van der Waals surface area (Å²) >= 11 is 0. The van der Waals surface area contributed by atoms with Gasteiger partial charge < -0.3 is 19.2 Å². The number of hydrogen-bond acceptors (Lipinski definition) is 3.